The van der Waals surface area contributed by atoms with Gasteiger partial charge in [0.05, 0.1) is 48.1 Å². The summed E-state index contributed by atoms with van der Waals surface area (Å²) in [6, 6.07) is 14.3. The molecule has 30 heavy (non-hydrogen) atoms. The van der Waals surface area contributed by atoms with Gasteiger partial charge in [-0.1, -0.05) is 24.3 Å². The van der Waals surface area contributed by atoms with Gasteiger partial charge in [-0.2, -0.15) is 0 Å². The Morgan fingerprint density at radius 2 is 1.03 bits per heavy atom. The second kappa shape index (κ2) is 9.04. The van der Waals surface area contributed by atoms with E-state index in [-0.39, 0.29) is 33.9 Å². The van der Waals surface area contributed by atoms with Crippen LogP contribution in [0, 0.1) is 11.6 Å². The molecule has 0 amide bonds. The lowest BCUT2D eigenvalue weighted by Crippen LogP contribution is -2.12. The van der Waals surface area contributed by atoms with Crippen molar-refractivity contribution >= 4 is 34.7 Å². The highest BCUT2D eigenvalue weighted by atomic mass is 19.1. The van der Waals surface area contributed by atoms with Crippen LogP contribution in [0.1, 0.15) is 20.7 Å². The molecule has 0 saturated heterocycles. The molecule has 0 spiro atoms. The fourth-order valence-corrected chi connectivity index (χ4v) is 2.78. The normalized spacial score (nSPS) is 10.3. The van der Waals surface area contributed by atoms with Crippen molar-refractivity contribution in [3.63, 3.8) is 0 Å². The summed E-state index contributed by atoms with van der Waals surface area (Å²) in [5.41, 5.74) is 0.430. The molecule has 0 radical (unpaired) electrons. The zero-order valence-corrected chi connectivity index (χ0v) is 16.2. The van der Waals surface area contributed by atoms with E-state index < -0.39 is 23.6 Å². The van der Waals surface area contributed by atoms with Crippen LogP contribution in [0.2, 0.25) is 0 Å². The molecule has 0 aromatic heterocycles. The number of carbonyl (C=O) groups excluding carboxylic acids is 2. The van der Waals surface area contributed by atoms with E-state index in [9.17, 15) is 18.4 Å². The molecule has 0 saturated carbocycles. The number of nitrogens with one attached hydrogen (secondary N) is 2. The Bertz CT molecular complexity index is 1010. The summed E-state index contributed by atoms with van der Waals surface area (Å²) < 4.78 is 37.8. The molecule has 0 unspecified atom stereocenters. The first-order chi connectivity index (χ1) is 14.4. The lowest BCUT2D eigenvalue weighted by atomic mass is 10.0. The van der Waals surface area contributed by atoms with E-state index in [0.29, 0.717) is 0 Å². The second-order valence-electron chi connectivity index (χ2n) is 6.14. The number of halogens is 2. The number of anilines is 4. The standard InChI is InChI=1S/C22H18F2N2O4/c1-29-21(27)13-11-20(26-18-10-6-4-8-16(18)24)14(22(28)30-2)12-19(13)25-17-9-5-3-7-15(17)23/h3-12,25-26H,1-2H3. The number of benzene rings is 3. The van der Waals surface area contributed by atoms with Crippen LogP contribution < -0.4 is 10.6 Å². The van der Waals surface area contributed by atoms with Gasteiger partial charge in [-0.25, -0.2) is 18.4 Å². The van der Waals surface area contributed by atoms with Crippen LogP contribution >= 0.6 is 0 Å². The maximum absolute atomic E-state index is 14.1. The molecule has 3 aromatic carbocycles. The van der Waals surface area contributed by atoms with Gasteiger partial charge < -0.3 is 20.1 Å². The first kappa shape index (κ1) is 20.8. The smallest absolute Gasteiger partial charge is 0.340 e. The van der Waals surface area contributed by atoms with Gasteiger partial charge >= 0.3 is 11.9 Å². The molecule has 3 rings (SSSR count). The van der Waals surface area contributed by atoms with Crippen LogP contribution in [0.3, 0.4) is 0 Å². The van der Waals surface area contributed by atoms with E-state index in [2.05, 4.69) is 10.6 Å². The first-order valence-corrected chi connectivity index (χ1v) is 8.82. The number of ether oxygens (including phenoxy) is 2. The largest absolute Gasteiger partial charge is 0.465 e. The fourth-order valence-electron chi connectivity index (χ4n) is 2.78. The summed E-state index contributed by atoms with van der Waals surface area (Å²) in [6.07, 6.45) is 0. The zero-order valence-electron chi connectivity index (χ0n) is 16.2. The van der Waals surface area contributed by atoms with Crippen LogP contribution in [0.5, 0.6) is 0 Å². The molecule has 0 heterocycles. The number of rotatable bonds is 6. The number of methoxy groups -OCH3 is 2. The molecule has 8 heteroatoms. The Morgan fingerprint density at radius 3 is 1.37 bits per heavy atom. The quantitative estimate of drug-likeness (QED) is 0.554. The number of hydrogen-bond donors (Lipinski definition) is 2. The van der Waals surface area contributed by atoms with E-state index in [1.165, 1.54) is 62.8 Å². The van der Waals surface area contributed by atoms with Gasteiger partial charge in [-0.05, 0) is 36.4 Å². The molecule has 154 valence electrons. The molecular formula is C22H18F2N2O4. The minimum atomic E-state index is -0.734. The molecule has 0 atom stereocenters. The summed E-state index contributed by atoms with van der Waals surface area (Å²) in [5.74, 6) is -2.58. The van der Waals surface area contributed by atoms with Crippen LogP contribution in [0.25, 0.3) is 0 Å². The maximum Gasteiger partial charge on any atom is 0.340 e. The van der Waals surface area contributed by atoms with Crippen molar-refractivity contribution < 1.29 is 27.8 Å². The molecule has 2 N–H and O–H groups in total. The lowest BCUT2D eigenvalue weighted by Gasteiger charge is -2.17. The van der Waals surface area contributed by atoms with Crippen LogP contribution in [0.15, 0.2) is 60.7 Å². The highest BCUT2D eigenvalue weighted by molar-refractivity contribution is 6.04. The number of hydrogen-bond acceptors (Lipinski definition) is 6. The van der Waals surface area contributed by atoms with Gasteiger partial charge in [-0.3, -0.25) is 0 Å². The third-order valence-corrected chi connectivity index (χ3v) is 4.25. The number of para-hydroxylation sites is 2. The van der Waals surface area contributed by atoms with E-state index in [0.717, 1.165) is 0 Å². The topological polar surface area (TPSA) is 76.7 Å². The van der Waals surface area contributed by atoms with E-state index in [4.69, 9.17) is 9.47 Å². The third-order valence-electron chi connectivity index (χ3n) is 4.25. The predicted octanol–water partition coefficient (Wildman–Crippen LogP) is 5.03. The summed E-state index contributed by atoms with van der Waals surface area (Å²) in [4.78, 5) is 24.7. The highest BCUT2D eigenvalue weighted by Crippen LogP contribution is 2.32. The molecule has 3 aromatic rings. The van der Waals surface area contributed by atoms with E-state index in [1.807, 2.05) is 0 Å². The lowest BCUT2D eigenvalue weighted by molar-refractivity contribution is 0.0588. The minimum absolute atomic E-state index is 0.00671. The van der Waals surface area contributed by atoms with Gasteiger partial charge in [0.15, 0.2) is 0 Å². The molecule has 6 nitrogen and oxygen atoms in total. The SMILES string of the molecule is COC(=O)c1cc(Nc2ccccc2F)c(C(=O)OC)cc1Nc1ccccc1F. The van der Waals surface area contributed by atoms with E-state index >= 15 is 0 Å². The molecule has 0 aliphatic carbocycles. The Balaban J connectivity index is 2.15. The average Bonchev–Trinajstić information content (AvgIpc) is 2.76. The summed E-state index contributed by atoms with van der Waals surface area (Å²) in [6.45, 7) is 0. The van der Waals surface area contributed by atoms with Crippen molar-refractivity contribution in [2.45, 2.75) is 0 Å². The minimum Gasteiger partial charge on any atom is -0.465 e. The van der Waals surface area contributed by atoms with Crippen molar-refractivity contribution in [2.24, 2.45) is 0 Å². The van der Waals surface area contributed by atoms with E-state index in [1.54, 1.807) is 12.1 Å². The second-order valence-corrected chi connectivity index (χ2v) is 6.14. The Hall–Kier alpha value is -3.94. The summed E-state index contributed by atoms with van der Waals surface area (Å²) in [7, 11) is 2.38. The van der Waals surface area contributed by atoms with Crippen molar-refractivity contribution in [1.29, 1.82) is 0 Å². The third kappa shape index (κ3) is 4.38. The molecular weight excluding hydrogens is 394 g/mol. The maximum atomic E-state index is 14.1. The Kier molecular flexibility index (Phi) is 6.26. The van der Waals surface area contributed by atoms with Crippen molar-refractivity contribution in [3.8, 4) is 0 Å². The van der Waals surface area contributed by atoms with Crippen molar-refractivity contribution in [2.75, 3.05) is 24.9 Å². The molecule has 0 aliphatic heterocycles. The molecule has 0 fully saturated rings. The van der Waals surface area contributed by atoms with Gasteiger partial charge in [-0.15, -0.1) is 0 Å². The summed E-state index contributed by atoms with van der Waals surface area (Å²) >= 11 is 0. The van der Waals surface area contributed by atoms with Gasteiger partial charge in [0.1, 0.15) is 11.6 Å². The monoisotopic (exact) mass is 412 g/mol. The van der Waals surface area contributed by atoms with Crippen LogP contribution in [-0.2, 0) is 9.47 Å². The Labute approximate surface area is 171 Å². The highest BCUT2D eigenvalue weighted by Gasteiger charge is 2.22. The first-order valence-electron chi connectivity index (χ1n) is 8.82. The van der Waals surface area contributed by atoms with Gasteiger partial charge in [0.25, 0.3) is 0 Å². The predicted molar refractivity (Wildman–Crippen MR) is 108 cm³/mol. The Morgan fingerprint density at radius 1 is 0.667 bits per heavy atom. The molecule has 0 bridgehead atoms. The van der Waals surface area contributed by atoms with Crippen molar-refractivity contribution in [3.05, 3.63) is 83.4 Å². The number of carbonyl (C=O) groups is 2. The molecule has 0 aliphatic rings. The number of esters is 2. The zero-order chi connectivity index (χ0) is 21.7. The fraction of sp³-hybridized carbons (Fsp3) is 0.0909. The van der Waals surface area contributed by atoms with Crippen LogP contribution in [-0.4, -0.2) is 26.2 Å². The van der Waals surface area contributed by atoms with Gasteiger partial charge in [0, 0.05) is 0 Å². The summed E-state index contributed by atoms with van der Waals surface area (Å²) in [5, 5.41) is 5.58. The van der Waals surface area contributed by atoms with Crippen LogP contribution in [0.4, 0.5) is 31.5 Å². The van der Waals surface area contributed by atoms with Crippen molar-refractivity contribution in [1.82, 2.24) is 0 Å². The van der Waals surface area contributed by atoms with Gasteiger partial charge in [0.2, 0.25) is 0 Å². The average molecular weight is 412 g/mol.